The van der Waals surface area contributed by atoms with Gasteiger partial charge in [-0.2, -0.15) is 0 Å². The van der Waals surface area contributed by atoms with E-state index in [0.717, 1.165) is 23.2 Å². The molecule has 1 heterocycles. The number of fused-ring (bicyclic) bond motifs is 2. The summed E-state index contributed by atoms with van der Waals surface area (Å²) in [5, 5.41) is 0. The van der Waals surface area contributed by atoms with E-state index < -0.39 is 0 Å². The second-order valence-corrected chi connectivity index (χ2v) is 4.66. The third kappa shape index (κ3) is 0.813. The highest BCUT2D eigenvalue weighted by molar-refractivity contribution is 6.04. The van der Waals surface area contributed by atoms with E-state index in [1.807, 2.05) is 20.0 Å². The van der Waals surface area contributed by atoms with E-state index in [9.17, 15) is 4.79 Å². The minimum atomic E-state index is 0.218. The van der Waals surface area contributed by atoms with Gasteiger partial charge in [0.2, 0.25) is 0 Å². The van der Waals surface area contributed by atoms with Crippen LogP contribution in [-0.2, 0) is 5.41 Å². The summed E-state index contributed by atoms with van der Waals surface area (Å²) in [4.78, 5) is 16.2. The first-order valence-electron chi connectivity index (χ1n) is 5.14. The molecule has 0 unspecified atom stereocenters. The second-order valence-electron chi connectivity index (χ2n) is 4.66. The lowest BCUT2D eigenvalue weighted by atomic mass is 9.96. The molecule has 0 aromatic carbocycles. The van der Waals surface area contributed by atoms with Gasteiger partial charge in [-0.25, -0.2) is 0 Å². The van der Waals surface area contributed by atoms with E-state index in [4.69, 9.17) is 0 Å². The number of carbonyl (C=O) groups excluding carboxylic acids is 1. The van der Waals surface area contributed by atoms with Crippen LogP contribution in [0.4, 0.5) is 0 Å². The highest BCUT2D eigenvalue weighted by Gasteiger charge is 2.53. The van der Waals surface area contributed by atoms with Gasteiger partial charge in [-0.15, -0.1) is 0 Å². The summed E-state index contributed by atoms with van der Waals surface area (Å²) in [5.74, 6) is 0.334. The van der Waals surface area contributed by atoms with Crippen molar-refractivity contribution in [1.29, 1.82) is 0 Å². The Morgan fingerprint density at radius 1 is 1.36 bits per heavy atom. The van der Waals surface area contributed by atoms with Crippen molar-refractivity contribution in [2.45, 2.75) is 38.5 Å². The summed E-state index contributed by atoms with van der Waals surface area (Å²) >= 11 is 0. The number of nitrogens with zero attached hydrogens (tertiary/aromatic N) is 1. The number of aryl methyl sites for hydroxylation is 2. The smallest absolute Gasteiger partial charge is 0.164 e. The molecule has 0 bridgehead atoms. The number of carbonyl (C=O) groups is 1. The first kappa shape index (κ1) is 8.16. The van der Waals surface area contributed by atoms with E-state index >= 15 is 0 Å². The Kier molecular flexibility index (Phi) is 1.31. The lowest BCUT2D eigenvalue weighted by Gasteiger charge is -2.10. The Balaban J connectivity index is 2.35. The molecule has 1 aromatic heterocycles. The zero-order valence-electron chi connectivity index (χ0n) is 8.55. The predicted octanol–water partition coefficient (Wildman–Crippen LogP) is 2.32. The van der Waals surface area contributed by atoms with Gasteiger partial charge in [0, 0.05) is 29.3 Å². The molecule has 0 amide bonds. The van der Waals surface area contributed by atoms with Crippen LogP contribution in [-0.4, -0.2) is 10.8 Å². The van der Waals surface area contributed by atoms with E-state index in [1.165, 1.54) is 18.4 Å². The van der Waals surface area contributed by atoms with E-state index in [-0.39, 0.29) is 5.41 Å². The standard InChI is InChI=1S/C12H13NO/c1-7-6-13-8(2)11-10(7)9(14)5-12(11)3-4-12/h6H,3-5H2,1-2H3. The van der Waals surface area contributed by atoms with Crippen LogP contribution in [0.5, 0.6) is 0 Å². The monoisotopic (exact) mass is 187 g/mol. The van der Waals surface area contributed by atoms with Crippen LogP contribution >= 0.6 is 0 Å². The van der Waals surface area contributed by atoms with Crippen LogP contribution in [0.1, 0.15) is 46.4 Å². The highest BCUT2D eigenvalue weighted by Crippen LogP contribution is 2.57. The molecule has 2 heteroatoms. The van der Waals surface area contributed by atoms with Crippen molar-refractivity contribution >= 4 is 5.78 Å². The Bertz CT molecular complexity index is 444. The van der Waals surface area contributed by atoms with E-state index in [2.05, 4.69) is 4.98 Å². The normalized spacial score (nSPS) is 21.4. The van der Waals surface area contributed by atoms with Gasteiger partial charge in [-0.1, -0.05) is 0 Å². The predicted molar refractivity (Wildman–Crippen MR) is 53.6 cm³/mol. The number of hydrogen-bond donors (Lipinski definition) is 0. The van der Waals surface area contributed by atoms with Gasteiger partial charge in [-0.05, 0) is 37.8 Å². The Hall–Kier alpha value is -1.18. The maximum absolute atomic E-state index is 11.9. The molecule has 1 fully saturated rings. The molecule has 14 heavy (non-hydrogen) atoms. The second kappa shape index (κ2) is 2.25. The molecule has 0 aliphatic heterocycles. The van der Waals surface area contributed by atoms with Crippen molar-refractivity contribution in [3.8, 4) is 0 Å². The maximum atomic E-state index is 11.9. The molecule has 3 rings (SSSR count). The van der Waals surface area contributed by atoms with Crippen LogP contribution in [0.25, 0.3) is 0 Å². The summed E-state index contributed by atoms with van der Waals surface area (Å²) in [6, 6.07) is 0. The van der Waals surface area contributed by atoms with E-state index in [1.54, 1.807) is 0 Å². The van der Waals surface area contributed by atoms with Crippen molar-refractivity contribution in [2.24, 2.45) is 0 Å². The van der Waals surface area contributed by atoms with Gasteiger partial charge in [0.15, 0.2) is 5.78 Å². The first-order chi connectivity index (χ1) is 6.64. The number of pyridine rings is 1. The zero-order chi connectivity index (χ0) is 9.92. The quantitative estimate of drug-likeness (QED) is 0.624. The molecule has 0 saturated heterocycles. The van der Waals surface area contributed by atoms with Crippen molar-refractivity contribution in [2.75, 3.05) is 0 Å². The SMILES string of the molecule is Cc1cnc(C)c2c1C(=O)CC21CC1. The molecular weight excluding hydrogens is 174 g/mol. The summed E-state index contributed by atoms with van der Waals surface area (Å²) in [5.41, 5.74) is 4.58. The van der Waals surface area contributed by atoms with E-state index in [0.29, 0.717) is 5.78 Å². The van der Waals surface area contributed by atoms with Crippen LogP contribution in [0.3, 0.4) is 0 Å². The average Bonchev–Trinajstić information content (AvgIpc) is 2.81. The van der Waals surface area contributed by atoms with Crippen molar-refractivity contribution in [3.05, 3.63) is 28.6 Å². The first-order valence-corrected chi connectivity index (χ1v) is 5.14. The lowest BCUT2D eigenvalue weighted by molar-refractivity contribution is 0.0986. The minimum Gasteiger partial charge on any atom is -0.294 e. The van der Waals surface area contributed by atoms with Crippen LogP contribution in [0, 0.1) is 13.8 Å². The number of hydrogen-bond acceptors (Lipinski definition) is 2. The van der Waals surface area contributed by atoms with Gasteiger partial charge >= 0.3 is 0 Å². The van der Waals surface area contributed by atoms with Gasteiger partial charge in [0.25, 0.3) is 0 Å². The fourth-order valence-electron chi connectivity index (χ4n) is 2.77. The Morgan fingerprint density at radius 2 is 2.07 bits per heavy atom. The van der Waals surface area contributed by atoms with Gasteiger partial charge in [0.1, 0.15) is 0 Å². The summed E-state index contributed by atoms with van der Waals surface area (Å²) < 4.78 is 0. The lowest BCUT2D eigenvalue weighted by Crippen LogP contribution is -2.04. The van der Waals surface area contributed by atoms with Crippen LogP contribution in [0.15, 0.2) is 6.20 Å². The molecule has 2 nitrogen and oxygen atoms in total. The molecule has 0 N–H and O–H groups in total. The number of ketones is 1. The van der Waals surface area contributed by atoms with Crippen molar-refractivity contribution < 1.29 is 4.79 Å². The number of aromatic nitrogens is 1. The van der Waals surface area contributed by atoms with Crippen LogP contribution < -0.4 is 0 Å². The summed E-state index contributed by atoms with van der Waals surface area (Å²) in [6.07, 6.45) is 4.92. The zero-order valence-corrected chi connectivity index (χ0v) is 8.55. The van der Waals surface area contributed by atoms with Gasteiger partial charge < -0.3 is 0 Å². The molecule has 1 saturated carbocycles. The van der Waals surface area contributed by atoms with Gasteiger partial charge in [-0.3, -0.25) is 9.78 Å². The fraction of sp³-hybridized carbons (Fsp3) is 0.500. The summed E-state index contributed by atoms with van der Waals surface area (Å²) in [7, 11) is 0. The number of Topliss-reactive ketones (excluding diaryl/α,β-unsaturated/α-hetero) is 1. The summed E-state index contributed by atoms with van der Waals surface area (Å²) in [6.45, 7) is 4.02. The van der Waals surface area contributed by atoms with Crippen molar-refractivity contribution in [1.82, 2.24) is 4.98 Å². The fourth-order valence-corrected chi connectivity index (χ4v) is 2.77. The molecule has 2 aliphatic carbocycles. The Morgan fingerprint density at radius 3 is 2.71 bits per heavy atom. The van der Waals surface area contributed by atoms with Crippen molar-refractivity contribution in [3.63, 3.8) is 0 Å². The molecule has 1 spiro atoms. The molecule has 2 aliphatic rings. The molecular formula is C12H13NO. The molecule has 0 atom stereocenters. The largest absolute Gasteiger partial charge is 0.294 e. The van der Waals surface area contributed by atoms with Crippen LogP contribution in [0.2, 0.25) is 0 Å². The third-order valence-electron chi connectivity index (χ3n) is 3.62. The highest BCUT2D eigenvalue weighted by atomic mass is 16.1. The molecule has 1 aromatic rings. The average molecular weight is 187 g/mol. The Labute approximate surface area is 83.4 Å². The molecule has 0 radical (unpaired) electrons. The molecule has 72 valence electrons. The number of rotatable bonds is 0. The topological polar surface area (TPSA) is 30.0 Å². The minimum absolute atomic E-state index is 0.218. The maximum Gasteiger partial charge on any atom is 0.164 e. The third-order valence-corrected chi connectivity index (χ3v) is 3.62. The van der Waals surface area contributed by atoms with Gasteiger partial charge in [0.05, 0.1) is 0 Å².